The van der Waals surface area contributed by atoms with Crippen LogP contribution in [0.5, 0.6) is 0 Å². The summed E-state index contributed by atoms with van der Waals surface area (Å²) in [5.74, 6) is -4.66. The summed E-state index contributed by atoms with van der Waals surface area (Å²) in [6, 6.07) is 7.12. The lowest BCUT2D eigenvalue weighted by atomic mass is 9.88. The maximum Gasteiger partial charge on any atom is 0.266 e. The van der Waals surface area contributed by atoms with Gasteiger partial charge >= 0.3 is 0 Å². The van der Waals surface area contributed by atoms with Crippen LogP contribution in [0.25, 0.3) is 20.9 Å². The second kappa shape index (κ2) is 7.94. The van der Waals surface area contributed by atoms with Crippen molar-refractivity contribution in [1.82, 2.24) is 0 Å². The standard InChI is InChI=1S/C14H16F2N6O2/c1-9-11(7-19-21-17)24-13(12(20-22-18)14(9,15)16)23-8-10-5-3-2-4-6-10/h2-6,9,11-13H,7-8H2,1H3/t9-,11-,12+,13?/m1/s1. The number of azide groups is 2. The van der Waals surface area contributed by atoms with Gasteiger partial charge in [-0.1, -0.05) is 47.5 Å². The van der Waals surface area contributed by atoms with E-state index in [-0.39, 0.29) is 13.2 Å². The van der Waals surface area contributed by atoms with E-state index in [0.29, 0.717) is 0 Å². The molecule has 1 aromatic rings. The van der Waals surface area contributed by atoms with E-state index in [1.165, 1.54) is 6.92 Å². The van der Waals surface area contributed by atoms with Crippen molar-refractivity contribution < 1.29 is 18.3 Å². The fraction of sp³-hybridized carbons (Fsp3) is 0.571. The quantitative estimate of drug-likeness (QED) is 0.439. The molecule has 0 bridgehead atoms. The van der Waals surface area contributed by atoms with Gasteiger partial charge in [0.1, 0.15) is 0 Å². The van der Waals surface area contributed by atoms with E-state index in [1.807, 2.05) is 6.07 Å². The molecular formula is C14H16F2N6O2. The lowest BCUT2D eigenvalue weighted by Gasteiger charge is -2.43. The average molecular weight is 338 g/mol. The van der Waals surface area contributed by atoms with Gasteiger partial charge in [-0.25, -0.2) is 8.78 Å². The minimum absolute atomic E-state index is 0.0155. The van der Waals surface area contributed by atoms with E-state index in [9.17, 15) is 8.78 Å². The van der Waals surface area contributed by atoms with Crippen molar-refractivity contribution in [1.29, 1.82) is 0 Å². The first kappa shape index (κ1) is 18.0. The van der Waals surface area contributed by atoms with Crippen molar-refractivity contribution in [3.63, 3.8) is 0 Å². The molecule has 1 saturated heterocycles. The molecule has 1 aliphatic heterocycles. The van der Waals surface area contributed by atoms with Crippen LogP contribution in [0, 0.1) is 5.92 Å². The van der Waals surface area contributed by atoms with Gasteiger partial charge in [-0.2, -0.15) is 0 Å². The van der Waals surface area contributed by atoms with Crippen molar-refractivity contribution in [2.24, 2.45) is 16.1 Å². The number of nitrogens with zero attached hydrogens (tertiary/aromatic N) is 6. The Morgan fingerprint density at radius 1 is 1.25 bits per heavy atom. The fourth-order valence-corrected chi connectivity index (χ4v) is 2.45. The number of benzene rings is 1. The van der Waals surface area contributed by atoms with Gasteiger partial charge in [-0.3, -0.25) is 0 Å². The molecule has 0 saturated carbocycles. The Morgan fingerprint density at radius 2 is 1.96 bits per heavy atom. The molecule has 0 spiro atoms. The van der Waals surface area contributed by atoms with E-state index >= 15 is 0 Å². The Bertz CT molecular complexity index is 646. The summed E-state index contributed by atoms with van der Waals surface area (Å²) in [5, 5.41) is 6.47. The van der Waals surface area contributed by atoms with Crippen molar-refractivity contribution >= 4 is 0 Å². The first-order chi connectivity index (χ1) is 11.5. The highest BCUT2D eigenvalue weighted by Gasteiger charge is 2.56. The van der Waals surface area contributed by atoms with Crippen LogP contribution in [0.3, 0.4) is 0 Å². The SMILES string of the molecule is C[C@@H]1[C@@H](CN=[N+]=[N-])OC(OCc2ccccc2)[C@H](N=[N+]=[N-])C1(F)F. The zero-order valence-corrected chi connectivity index (χ0v) is 12.9. The smallest absolute Gasteiger partial charge is 0.266 e. The number of rotatable bonds is 6. The minimum Gasteiger partial charge on any atom is -0.348 e. The van der Waals surface area contributed by atoms with Gasteiger partial charge in [-0.05, 0) is 16.6 Å². The number of ether oxygens (including phenoxy) is 2. The third kappa shape index (κ3) is 3.93. The molecule has 0 N–H and O–H groups in total. The van der Waals surface area contributed by atoms with Crippen LogP contribution >= 0.6 is 0 Å². The number of hydrogen-bond donors (Lipinski definition) is 0. The molecule has 1 aromatic carbocycles. The van der Waals surface area contributed by atoms with Crippen LogP contribution in [0.2, 0.25) is 0 Å². The van der Waals surface area contributed by atoms with Crippen LogP contribution in [-0.2, 0) is 16.1 Å². The van der Waals surface area contributed by atoms with Crippen molar-refractivity contribution in [3.05, 3.63) is 56.8 Å². The van der Waals surface area contributed by atoms with E-state index in [2.05, 4.69) is 20.1 Å². The zero-order valence-electron chi connectivity index (χ0n) is 12.9. The van der Waals surface area contributed by atoms with Crippen molar-refractivity contribution in [2.75, 3.05) is 6.54 Å². The molecule has 128 valence electrons. The van der Waals surface area contributed by atoms with Crippen molar-refractivity contribution in [3.8, 4) is 0 Å². The summed E-state index contributed by atoms with van der Waals surface area (Å²) in [7, 11) is 0. The molecule has 8 nitrogen and oxygen atoms in total. The van der Waals surface area contributed by atoms with Crippen LogP contribution in [0.1, 0.15) is 12.5 Å². The summed E-state index contributed by atoms with van der Waals surface area (Å²) in [6.07, 6.45) is -2.48. The normalized spacial score (nSPS) is 28.5. The van der Waals surface area contributed by atoms with Crippen molar-refractivity contribution in [2.45, 2.75) is 37.9 Å². The first-order valence-corrected chi connectivity index (χ1v) is 7.24. The monoisotopic (exact) mass is 338 g/mol. The number of hydrogen-bond acceptors (Lipinski definition) is 4. The molecule has 1 fully saturated rings. The highest BCUT2D eigenvalue weighted by Crippen LogP contribution is 2.41. The fourth-order valence-electron chi connectivity index (χ4n) is 2.45. The first-order valence-electron chi connectivity index (χ1n) is 7.24. The van der Waals surface area contributed by atoms with Crippen LogP contribution < -0.4 is 0 Å². The number of alkyl halides is 2. The molecule has 2 rings (SSSR count). The van der Waals surface area contributed by atoms with Gasteiger partial charge in [0.2, 0.25) is 0 Å². The van der Waals surface area contributed by atoms with Crippen LogP contribution in [0.4, 0.5) is 8.78 Å². The summed E-state index contributed by atoms with van der Waals surface area (Å²) in [6.45, 7) is 1.01. The zero-order chi connectivity index (χ0) is 17.6. The molecule has 1 heterocycles. The van der Waals surface area contributed by atoms with E-state index in [4.69, 9.17) is 20.5 Å². The van der Waals surface area contributed by atoms with Gasteiger partial charge in [0, 0.05) is 15.7 Å². The Morgan fingerprint density at radius 3 is 2.58 bits per heavy atom. The molecule has 24 heavy (non-hydrogen) atoms. The molecule has 0 amide bonds. The lowest BCUT2D eigenvalue weighted by Crippen LogP contribution is -2.58. The average Bonchev–Trinajstić information content (AvgIpc) is 2.58. The Balaban J connectivity index is 2.20. The molecule has 0 radical (unpaired) electrons. The van der Waals surface area contributed by atoms with Crippen LogP contribution in [-0.4, -0.2) is 30.9 Å². The third-order valence-electron chi connectivity index (χ3n) is 3.88. The molecule has 0 aromatic heterocycles. The van der Waals surface area contributed by atoms with Gasteiger partial charge in [0.15, 0.2) is 12.3 Å². The topological polar surface area (TPSA) is 116 Å². The predicted molar refractivity (Wildman–Crippen MR) is 81.0 cm³/mol. The second-order valence-corrected chi connectivity index (χ2v) is 5.37. The molecule has 4 atom stereocenters. The second-order valence-electron chi connectivity index (χ2n) is 5.37. The van der Waals surface area contributed by atoms with Gasteiger partial charge < -0.3 is 9.47 Å². The predicted octanol–water partition coefficient (Wildman–Crippen LogP) is 4.19. The Kier molecular flexibility index (Phi) is 5.94. The Hall–Kier alpha value is -2.38. The highest BCUT2D eigenvalue weighted by atomic mass is 19.3. The lowest BCUT2D eigenvalue weighted by molar-refractivity contribution is -0.286. The minimum atomic E-state index is -3.36. The third-order valence-corrected chi connectivity index (χ3v) is 3.88. The van der Waals surface area contributed by atoms with E-state index in [0.717, 1.165) is 5.56 Å². The van der Waals surface area contributed by atoms with Gasteiger partial charge in [-0.15, -0.1) is 0 Å². The molecule has 1 unspecified atom stereocenters. The van der Waals surface area contributed by atoms with Crippen LogP contribution in [0.15, 0.2) is 40.6 Å². The summed E-state index contributed by atoms with van der Waals surface area (Å²) in [5.41, 5.74) is 17.7. The van der Waals surface area contributed by atoms with E-state index in [1.54, 1.807) is 24.3 Å². The molecule has 1 aliphatic rings. The van der Waals surface area contributed by atoms with Gasteiger partial charge in [0.25, 0.3) is 5.92 Å². The maximum atomic E-state index is 14.5. The Labute approximate surface area is 136 Å². The summed E-state index contributed by atoms with van der Waals surface area (Å²) >= 11 is 0. The molecular weight excluding hydrogens is 322 g/mol. The number of halogens is 2. The molecule has 10 heteroatoms. The van der Waals surface area contributed by atoms with Gasteiger partial charge in [0.05, 0.1) is 19.3 Å². The summed E-state index contributed by atoms with van der Waals surface area (Å²) in [4.78, 5) is 5.05. The highest BCUT2D eigenvalue weighted by molar-refractivity contribution is 5.13. The van der Waals surface area contributed by atoms with E-state index < -0.39 is 30.3 Å². The summed E-state index contributed by atoms with van der Waals surface area (Å²) < 4.78 is 40.0. The largest absolute Gasteiger partial charge is 0.348 e. The maximum absolute atomic E-state index is 14.5. The molecule has 0 aliphatic carbocycles.